The van der Waals surface area contributed by atoms with Crippen molar-refractivity contribution < 1.29 is 19.4 Å². The first-order valence-corrected chi connectivity index (χ1v) is 9.33. The Balaban J connectivity index is 2.02. The summed E-state index contributed by atoms with van der Waals surface area (Å²) in [6, 6.07) is 11.0. The minimum absolute atomic E-state index is 0.00908. The number of halogens is 1. The monoisotopic (exact) mass is 406 g/mol. The van der Waals surface area contributed by atoms with Crippen LogP contribution < -0.4 is 20.1 Å². The molecule has 0 radical (unpaired) electrons. The SMILES string of the molecule is COc1cc(CNC(C)(C)CO)cc(Cl)c1OCC(=O)Nc1ccc(C)cc1. The first kappa shape index (κ1) is 22.0. The van der Waals surface area contributed by atoms with Gasteiger partial charge < -0.3 is 25.2 Å². The van der Waals surface area contributed by atoms with Crippen molar-refractivity contribution in [3.63, 3.8) is 0 Å². The Morgan fingerprint density at radius 2 is 1.89 bits per heavy atom. The van der Waals surface area contributed by atoms with Gasteiger partial charge in [-0.05, 0) is 50.6 Å². The van der Waals surface area contributed by atoms with Gasteiger partial charge in [0.25, 0.3) is 5.91 Å². The van der Waals surface area contributed by atoms with Crippen molar-refractivity contribution in [3.05, 3.63) is 52.5 Å². The Morgan fingerprint density at radius 1 is 1.21 bits per heavy atom. The van der Waals surface area contributed by atoms with Crippen LogP contribution in [0.25, 0.3) is 0 Å². The summed E-state index contributed by atoms with van der Waals surface area (Å²) < 4.78 is 11.0. The summed E-state index contributed by atoms with van der Waals surface area (Å²) in [6.07, 6.45) is 0. The Bertz CT molecular complexity index is 807. The minimum Gasteiger partial charge on any atom is -0.493 e. The summed E-state index contributed by atoms with van der Waals surface area (Å²) in [7, 11) is 1.51. The second-order valence-electron chi connectivity index (χ2n) is 7.21. The zero-order valence-corrected chi connectivity index (χ0v) is 17.4. The average molecular weight is 407 g/mol. The maximum absolute atomic E-state index is 12.1. The molecule has 3 N–H and O–H groups in total. The summed E-state index contributed by atoms with van der Waals surface area (Å²) >= 11 is 6.34. The quantitative estimate of drug-likeness (QED) is 0.593. The van der Waals surface area contributed by atoms with E-state index in [9.17, 15) is 9.90 Å². The molecule has 0 fully saturated rings. The maximum Gasteiger partial charge on any atom is 0.262 e. The number of amides is 1. The summed E-state index contributed by atoms with van der Waals surface area (Å²) in [6.45, 7) is 6.09. The lowest BCUT2D eigenvalue weighted by atomic mass is 10.1. The molecule has 0 spiro atoms. The van der Waals surface area contributed by atoms with Crippen LogP contribution in [-0.4, -0.2) is 36.9 Å². The van der Waals surface area contributed by atoms with E-state index in [1.54, 1.807) is 12.1 Å². The molecule has 2 aromatic rings. The molecule has 28 heavy (non-hydrogen) atoms. The van der Waals surface area contributed by atoms with Crippen molar-refractivity contribution in [1.82, 2.24) is 5.32 Å². The zero-order valence-electron chi connectivity index (χ0n) is 16.6. The number of aliphatic hydroxyl groups is 1. The molecule has 7 heteroatoms. The van der Waals surface area contributed by atoms with Crippen LogP contribution in [0.1, 0.15) is 25.0 Å². The number of hydrogen-bond donors (Lipinski definition) is 3. The Hall–Kier alpha value is -2.28. The maximum atomic E-state index is 12.1. The highest BCUT2D eigenvalue weighted by atomic mass is 35.5. The molecule has 0 aliphatic heterocycles. The standard InChI is InChI=1S/C21H27ClN2O4/c1-14-5-7-16(8-6-14)24-19(26)12-28-20-17(22)9-15(10-18(20)27-4)11-23-21(2,3)13-25/h5-10,23,25H,11-13H2,1-4H3,(H,24,26). The normalized spacial score (nSPS) is 11.2. The lowest BCUT2D eigenvalue weighted by Gasteiger charge is -2.24. The number of aliphatic hydroxyl groups excluding tert-OH is 1. The molecular weight excluding hydrogens is 380 g/mol. The first-order valence-electron chi connectivity index (χ1n) is 8.95. The first-order chi connectivity index (χ1) is 13.2. The van der Waals surface area contributed by atoms with Gasteiger partial charge >= 0.3 is 0 Å². The summed E-state index contributed by atoms with van der Waals surface area (Å²) in [4.78, 5) is 12.1. The van der Waals surface area contributed by atoms with Crippen molar-refractivity contribution in [2.75, 3.05) is 25.6 Å². The van der Waals surface area contributed by atoms with E-state index < -0.39 is 5.54 Å². The molecule has 0 unspecified atom stereocenters. The number of rotatable bonds is 9. The van der Waals surface area contributed by atoms with Crippen molar-refractivity contribution in [1.29, 1.82) is 0 Å². The second kappa shape index (κ2) is 9.78. The molecule has 0 aromatic heterocycles. The fourth-order valence-electron chi connectivity index (χ4n) is 2.38. The summed E-state index contributed by atoms with van der Waals surface area (Å²) in [5, 5.41) is 15.7. The van der Waals surface area contributed by atoms with Gasteiger partial charge in [-0.2, -0.15) is 0 Å². The van der Waals surface area contributed by atoms with E-state index in [0.29, 0.717) is 28.8 Å². The molecule has 1 amide bonds. The van der Waals surface area contributed by atoms with Gasteiger partial charge in [-0.15, -0.1) is 0 Å². The van der Waals surface area contributed by atoms with Gasteiger partial charge in [0.2, 0.25) is 0 Å². The second-order valence-corrected chi connectivity index (χ2v) is 7.61. The molecule has 0 bridgehead atoms. The number of benzene rings is 2. The van der Waals surface area contributed by atoms with Gasteiger partial charge in [-0.3, -0.25) is 4.79 Å². The average Bonchev–Trinajstić information content (AvgIpc) is 2.67. The molecule has 0 heterocycles. The number of nitrogens with one attached hydrogen (secondary N) is 2. The molecule has 0 saturated carbocycles. The van der Waals surface area contributed by atoms with Gasteiger partial charge in [0.05, 0.1) is 18.7 Å². The third-order valence-electron chi connectivity index (χ3n) is 4.14. The van der Waals surface area contributed by atoms with Crippen molar-refractivity contribution in [2.45, 2.75) is 32.9 Å². The molecule has 0 aliphatic rings. The lowest BCUT2D eigenvalue weighted by molar-refractivity contribution is -0.118. The third-order valence-corrected chi connectivity index (χ3v) is 4.42. The van der Waals surface area contributed by atoms with Crippen molar-refractivity contribution >= 4 is 23.2 Å². The topological polar surface area (TPSA) is 79.8 Å². The molecule has 0 saturated heterocycles. The van der Waals surface area contributed by atoms with Crippen LogP contribution in [0.4, 0.5) is 5.69 Å². The van der Waals surface area contributed by atoms with E-state index in [-0.39, 0.29) is 19.1 Å². The Labute approximate surface area is 170 Å². The van der Waals surface area contributed by atoms with Crippen molar-refractivity contribution in [3.8, 4) is 11.5 Å². The van der Waals surface area contributed by atoms with Gasteiger partial charge in [0.15, 0.2) is 18.1 Å². The Morgan fingerprint density at radius 3 is 2.50 bits per heavy atom. The predicted molar refractivity (Wildman–Crippen MR) is 111 cm³/mol. The van der Waals surface area contributed by atoms with Crippen LogP contribution in [-0.2, 0) is 11.3 Å². The van der Waals surface area contributed by atoms with Gasteiger partial charge in [-0.25, -0.2) is 0 Å². The number of aryl methyl sites for hydroxylation is 1. The molecule has 152 valence electrons. The van der Waals surface area contributed by atoms with Crippen LogP contribution in [0.2, 0.25) is 5.02 Å². The molecule has 6 nitrogen and oxygen atoms in total. The third kappa shape index (κ3) is 6.41. The van der Waals surface area contributed by atoms with Crippen LogP contribution in [0.15, 0.2) is 36.4 Å². The van der Waals surface area contributed by atoms with Crippen LogP contribution in [0.5, 0.6) is 11.5 Å². The number of carbonyl (C=O) groups is 1. The predicted octanol–water partition coefficient (Wildman–Crippen LogP) is 3.54. The van der Waals surface area contributed by atoms with Gasteiger partial charge in [-0.1, -0.05) is 29.3 Å². The number of carbonyl (C=O) groups excluding carboxylic acids is 1. The lowest BCUT2D eigenvalue weighted by Crippen LogP contribution is -2.42. The van der Waals surface area contributed by atoms with Crippen LogP contribution >= 0.6 is 11.6 Å². The Kier molecular flexibility index (Phi) is 7.69. The van der Waals surface area contributed by atoms with Gasteiger partial charge in [0.1, 0.15) is 0 Å². The molecule has 0 atom stereocenters. The number of methoxy groups -OCH3 is 1. The largest absolute Gasteiger partial charge is 0.493 e. The van der Waals surface area contributed by atoms with E-state index >= 15 is 0 Å². The molecule has 2 rings (SSSR count). The minimum atomic E-state index is -0.414. The zero-order chi connectivity index (χ0) is 20.7. The molecule has 0 aliphatic carbocycles. The van der Waals surface area contributed by atoms with E-state index in [1.807, 2.05) is 45.0 Å². The highest BCUT2D eigenvalue weighted by Gasteiger charge is 2.18. The summed E-state index contributed by atoms with van der Waals surface area (Å²) in [5.74, 6) is 0.458. The van der Waals surface area contributed by atoms with Gasteiger partial charge in [0, 0.05) is 17.8 Å². The fraction of sp³-hybridized carbons (Fsp3) is 0.381. The highest BCUT2D eigenvalue weighted by molar-refractivity contribution is 6.32. The number of ether oxygens (including phenoxy) is 2. The van der Waals surface area contributed by atoms with Crippen LogP contribution in [0.3, 0.4) is 0 Å². The number of anilines is 1. The van der Waals surface area contributed by atoms with Crippen LogP contribution in [0, 0.1) is 6.92 Å². The molecule has 2 aromatic carbocycles. The molecular formula is C21H27ClN2O4. The van der Waals surface area contributed by atoms with E-state index in [4.69, 9.17) is 21.1 Å². The van der Waals surface area contributed by atoms with Crippen molar-refractivity contribution in [2.24, 2.45) is 0 Å². The summed E-state index contributed by atoms with van der Waals surface area (Å²) in [5.41, 5.74) is 2.27. The van der Waals surface area contributed by atoms with E-state index in [1.165, 1.54) is 7.11 Å². The smallest absolute Gasteiger partial charge is 0.262 e. The number of hydrogen-bond acceptors (Lipinski definition) is 5. The highest BCUT2D eigenvalue weighted by Crippen LogP contribution is 2.36. The fourth-order valence-corrected chi connectivity index (χ4v) is 2.67. The van der Waals surface area contributed by atoms with E-state index in [2.05, 4.69) is 10.6 Å². The van der Waals surface area contributed by atoms with E-state index in [0.717, 1.165) is 11.1 Å².